The molecule has 0 bridgehead atoms. The van der Waals surface area contributed by atoms with Gasteiger partial charge in [0.25, 0.3) is 5.91 Å². The van der Waals surface area contributed by atoms with E-state index in [1.54, 1.807) is 24.3 Å². The van der Waals surface area contributed by atoms with E-state index in [2.05, 4.69) is 10.1 Å². The molecule has 1 amide bonds. The van der Waals surface area contributed by atoms with Crippen LogP contribution in [0.5, 0.6) is 5.75 Å². The van der Waals surface area contributed by atoms with Crippen molar-refractivity contribution in [1.82, 2.24) is 5.32 Å². The van der Waals surface area contributed by atoms with Crippen LogP contribution in [0.4, 0.5) is 0 Å². The van der Waals surface area contributed by atoms with Crippen molar-refractivity contribution in [3.63, 3.8) is 0 Å². The van der Waals surface area contributed by atoms with E-state index >= 15 is 0 Å². The van der Waals surface area contributed by atoms with Gasteiger partial charge in [-0.15, -0.1) is 0 Å². The fraction of sp³-hybridized carbons (Fsp3) is 0.467. The summed E-state index contributed by atoms with van der Waals surface area (Å²) in [5.41, 5.74) is 0.569. The predicted molar refractivity (Wildman–Crippen MR) is 75.8 cm³/mol. The molecule has 20 heavy (non-hydrogen) atoms. The van der Waals surface area contributed by atoms with Crippen molar-refractivity contribution in [2.75, 3.05) is 13.7 Å². The summed E-state index contributed by atoms with van der Waals surface area (Å²) in [4.78, 5) is 22.7. The molecule has 0 saturated heterocycles. The fourth-order valence-electron chi connectivity index (χ4n) is 1.60. The van der Waals surface area contributed by atoms with Crippen LogP contribution in [-0.2, 0) is 9.53 Å². The first-order valence-electron chi connectivity index (χ1n) is 6.64. The average Bonchev–Trinajstić information content (AvgIpc) is 2.43. The molecule has 0 atom stereocenters. The molecule has 0 aromatic heterocycles. The molecule has 0 fully saturated rings. The number of esters is 1. The Balaban J connectivity index is 2.38. The number of methoxy groups -OCH3 is 1. The Bertz CT molecular complexity index is 440. The topological polar surface area (TPSA) is 64.6 Å². The van der Waals surface area contributed by atoms with Crippen LogP contribution >= 0.6 is 0 Å². The summed E-state index contributed by atoms with van der Waals surface area (Å²) in [5, 5.41) is 2.75. The second kappa shape index (κ2) is 8.19. The molecule has 0 heterocycles. The Hall–Kier alpha value is -2.04. The SMILES string of the molecule is COC(=O)CCCNC(=O)c1ccc(OC(C)C)cc1. The molecule has 0 spiro atoms. The van der Waals surface area contributed by atoms with Crippen LogP contribution in [0.1, 0.15) is 37.0 Å². The van der Waals surface area contributed by atoms with Gasteiger partial charge in [0.2, 0.25) is 0 Å². The van der Waals surface area contributed by atoms with Gasteiger partial charge < -0.3 is 14.8 Å². The number of nitrogens with one attached hydrogen (secondary N) is 1. The van der Waals surface area contributed by atoms with Crippen molar-refractivity contribution in [1.29, 1.82) is 0 Å². The maximum Gasteiger partial charge on any atom is 0.305 e. The fourth-order valence-corrected chi connectivity index (χ4v) is 1.60. The number of carbonyl (C=O) groups excluding carboxylic acids is 2. The molecule has 5 heteroatoms. The molecule has 0 aliphatic carbocycles. The summed E-state index contributed by atoms with van der Waals surface area (Å²) in [6, 6.07) is 6.97. The lowest BCUT2D eigenvalue weighted by molar-refractivity contribution is -0.140. The summed E-state index contributed by atoms with van der Waals surface area (Å²) in [6.07, 6.45) is 0.971. The number of benzene rings is 1. The highest BCUT2D eigenvalue weighted by molar-refractivity contribution is 5.94. The van der Waals surface area contributed by atoms with E-state index in [0.717, 1.165) is 5.75 Å². The number of hydrogen-bond acceptors (Lipinski definition) is 4. The molecule has 1 rings (SSSR count). The molecule has 1 N–H and O–H groups in total. The Kier molecular flexibility index (Phi) is 6.56. The van der Waals surface area contributed by atoms with E-state index in [9.17, 15) is 9.59 Å². The van der Waals surface area contributed by atoms with Crippen LogP contribution in [0.15, 0.2) is 24.3 Å². The third-order valence-electron chi connectivity index (χ3n) is 2.56. The molecule has 1 aromatic rings. The number of rotatable bonds is 7. The van der Waals surface area contributed by atoms with E-state index in [4.69, 9.17) is 4.74 Å². The van der Waals surface area contributed by atoms with Crippen molar-refractivity contribution in [2.45, 2.75) is 32.8 Å². The van der Waals surface area contributed by atoms with Gasteiger partial charge >= 0.3 is 5.97 Å². The maximum atomic E-state index is 11.8. The molecule has 0 saturated carbocycles. The van der Waals surface area contributed by atoms with E-state index in [1.807, 2.05) is 13.8 Å². The number of carbonyl (C=O) groups is 2. The molecule has 110 valence electrons. The number of amides is 1. The zero-order valence-electron chi connectivity index (χ0n) is 12.1. The minimum absolute atomic E-state index is 0.105. The van der Waals surface area contributed by atoms with Gasteiger partial charge in [0.15, 0.2) is 0 Å². The maximum absolute atomic E-state index is 11.8. The molecule has 1 aromatic carbocycles. The summed E-state index contributed by atoms with van der Waals surface area (Å²) in [6.45, 7) is 4.34. The first-order valence-corrected chi connectivity index (χ1v) is 6.64. The lowest BCUT2D eigenvalue weighted by atomic mass is 10.2. The van der Waals surface area contributed by atoms with Crippen LogP contribution in [0.2, 0.25) is 0 Å². The van der Waals surface area contributed by atoms with Gasteiger partial charge in [-0.1, -0.05) is 0 Å². The van der Waals surface area contributed by atoms with Gasteiger partial charge in [-0.25, -0.2) is 0 Å². The molecule has 5 nitrogen and oxygen atoms in total. The molecule has 0 radical (unpaired) electrons. The summed E-state index contributed by atoms with van der Waals surface area (Å²) in [5.74, 6) is 0.308. The molecule has 0 aliphatic heterocycles. The third-order valence-corrected chi connectivity index (χ3v) is 2.56. The van der Waals surface area contributed by atoms with Crippen molar-refractivity contribution >= 4 is 11.9 Å². The van der Waals surface area contributed by atoms with Crippen LogP contribution in [-0.4, -0.2) is 31.6 Å². The highest BCUT2D eigenvalue weighted by Crippen LogP contribution is 2.13. The predicted octanol–water partition coefficient (Wildman–Crippen LogP) is 2.16. The normalized spacial score (nSPS) is 10.2. The van der Waals surface area contributed by atoms with Crippen molar-refractivity contribution in [2.24, 2.45) is 0 Å². The molecule has 0 aliphatic rings. The monoisotopic (exact) mass is 279 g/mol. The zero-order chi connectivity index (χ0) is 15.0. The van der Waals surface area contributed by atoms with Crippen molar-refractivity contribution in [3.05, 3.63) is 29.8 Å². The Morgan fingerprint density at radius 1 is 1.20 bits per heavy atom. The lowest BCUT2D eigenvalue weighted by Gasteiger charge is -2.10. The Morgan fingerprint density at radius 2 is 1.85 bits per heavy atom. The smallest absolute Gasteiger partial charge is 0.305 e. The van der Waals surface area contributed by atoms with Crippen LogP contribution < -0.4 is 10.1 Å². The van der Waals surface area contributed by atoms with Crippen LogP contribution in [0.3, 0.4) is 0 Å². The van der Waals surface area contributed by atoms with Gasteiger partial charge in [0.05, 0.1) is 13.2 Å². The zero-order valence-corrected chi connectivity index (χ0v) is 12.1. The second-order valence-corrected chi connectivity index (χ2v) is 4.63. The standard InChI is InChI=1S/C15H21NO4/c1-11(2)20-13-8-6-12(7-9-13)15(18)16-10-4-5-14(17)19-3/h6-9,11H,4-5,10H2,1-3H3,(H,16,18). The minimum atomic E-state index is -0.269. The first kappa shape index (κ1) is 16.0. The van der Waals surface area contributed by atoms with Crippen LogP contribution in [0.25, 0.3) is 0 Å². The summed E-state index contributed by atoms with van der Waals surface area (Å²) in [7, 11) is 1.35. The number of ether oxygens (including phenoxy) is 2. The van der Waals surface area contributed by atoms with E-state index in [-0.39, 0.29) is 18.0 Å². The highest BCUT2D eigenvalue weighted by atomic mass is 16.5. The van der Waals surface area contributed by atoms with Gasteiger partial charge in [-0.2, -0.15) is 0 Å². The Morgan fingerprint density at radius 3 is 2.40 bits per heavy atom. The lowest BCUT2D eigenvalue weighted by Crippen LogP contribution is -2.24. The molecular formula is C15H21NO4. The second-order valence-electron chi connectivity index (χ2n) is 4.63. The summed E-state index contributed by atoms with van der Waals surface area (Å²) < 4.78 is 10.0. The van der Waals surface area contributed by atoms with Gasteiger partial charge in [0, 0.05) is 18.5 Å². The number of hydrogen-bond donors (Lipinski definition) is 1. The van der Waals surface area contributed by atoms with Crippen LogP contribution in [0, 0.1) is 0 Å². The minimum Gasteiger partial charge on any atom is -0.491 e. The highest BCUT2D eigenvalue weighted by Gasteiger charge is 2.06. The van der Waals surface area contributed by atoms with Crippen molar-refractivity contribution < 1.29 is 19.1 Å². The largest absolute Gasteiger partial charge is 0.491 e. The quantitative estimate of drug-likeness (QED) is 0.613. The van der Waals surface area contributed by atoms with E-state index in [1.165, 1.54) is 7.11 Å². The van der Waals surface area contributed by atoms with E-state index in [0.29, 0.717) is 24.9 Å². The average molecular weight is 279 g/mol. The van der Waals surface area contributed by atoms with Gasteiger partial charge in [0.1, 0.15) is 5.75 Å². The molecular weight excluding hydrogens is 258 g/mol. The van der Waals surface area contributed by atoms with Crippen molar-refractivity contribution in [3.8, 4) is 5.75 Å². The Labute approximate surface area is 119 Å². The molecule has 0 unspecified atom stereocenters. The third kappa shape index (κ3) is 5.73. The van der Waals surface area contributed by atoms with Gasteiger partial charge in [-0.05, 0) is 44.5 Å². The van der Waals surface area contributed by atoms with E-state index < -0.39 is 0 Å². The summed E-state index contributed by atoms with van der Waals surface area (Å²) >= 11 is 0. The first-order chi connectivity index (χ1) is 9.52. The van der Waals surface area contributed by atoms with Gasteiger partial charge in [-0.3, -0.25) is 9.59 Å².